The van der Waals surface area contributed by atoms with Gasteiger partial charge >= 0.3 is 5.76 Å². The van der Waals surface area contributed by atoms with Crippen LogP contribution in [0.2, 0.25) is 0 Å². The lowest BCUT2D eigenvalue weighted by Crippen LogP contribution is -1.95. The average Bonchev–Trinajstić information content (AvgIpc) is 2.87. The molecule has 3 aromatic rings. The van der Waals surface area contributed by atoms with Crippen molar-refractivity contribution in [1.29, 1.82) is 0 Å². The molecule has 0 atom stereocenters. The van der Waals surface area contributed by atoms with E-state index < -0.39 is 5.76 Å². The summed E-state index contributed by atoms with van der Waals surface area (Å²) in [6, 6.07) is 12.7. The number of benzene rings is 1. The van der Waals surface area contributed by atoms with Crippen molar-refractivity contribution in [2.24, 2.45) is 0 Å². The fourth-order valence-electron chi connectivity index (χ4n) is 1.58. The molecular weight excluding hydrogens is 246 g/mol. The molecule has 6 heteroatoms. The van der Waals surface area contributed by atoms with Gasteiger partial charge in [0.15, 0.2) is 5.82 Å². The summed E-state index contributed by atoms with van der Waals surface area (Å²) in [4.78, 5) is 17.5. The van der Waals surface area contributed by atoms with E-state index in [4.69, 9.17) is 4.74 Å². The second kappa shape index (κ2) is 4.77. The number of nitrogens with one attached hydrogen (secondary N) is 1. The lowest BCUT2D eigenvalue weighted by atomic mass is 10.2. The molecule has 0 radical (unpaired) electrons. The average molecular weight is 255 g/mol. The van der Waals surface area contributed by atoms with Crippen molar-refractivity contribution in [3.63, 3.8) is 0 Å². The predicted molar refractivity (Wildman–Crippen MR) is 66.9 cm³/mol. The summed E-state index contributed by atoms with van der Waals surface area (Å²) in [5.41, 5.74) is 0.659. The SMILES string of the molecule is O=c1[nH]c(-c2ccnc(Oc3ccccc3)c2)no1. The number of aromatic nitrogens is 3. The molecule has 94 valence electrons. The molecule has 0 amide bonds. The van der Waals surface area contributed by atoms with Gasteiger partial charge in [0.1, 0.15) is 5.75 Å². The predicted octanol–water partition coefficient (Wildman–Crippen LogP) is 2.22. The number of ether oxygens (including phenoxy) is 1. The minimum atomic E-state index is -0.600. The van der Waals surface area contributed by atoms with Crippen LogP contribution in [0.1, 0.15) is 0 Å². The molecule has 6 nitrogen and oxygen atoms in total. The summed E-state index contributed by atoms with van der Waals surface area (Å²) in [5, 5.41) is 3.61. The Kier molecular flexibility index (Phi) is 2.82. The fourth-order valence-corrected chi connectivity index (χ4v) is 1.58. The molecule has 0 unspecified atom stereocenters. The number of pyridine rings is 1. The van der Waals surface area contributed by atoms with E-state index in [2.05, 4.69) is 19.6 Å². The summed E-state index contributed by atoms with van der Waals surface area (Å²) in [6.07, 6.45) is 1.57. The van der Waals surface area contributed by atoms with Crippen LogP contribution in [-0.4, -0.2) is 15.1 Å². The van der Waals surface area contributed by atoms with Crippen molar-refractivity contribution in [3.05, 3.63) is 59.2 Å². The Morgan fingerprint density at radius 2 is 2.00 bits per heavy atom. The molecule has 19 heavy (non-hydrogen) atoms. The van der Waals surface area contributed by atoms with Gasteiger partial charge in [0.05, 0.1) is 0 Å². The first kappa shape index (κ1) is 11.2. The largest absolute Gasteiger partial charge is 0.439 e. The summed E-state index contributed by atoms with van der Waals surface area (Å²) in [7, 11) is 0. The Bertz CT molecular complexity index is 734. The van der Waals surface area contributed by atoms with Crippen LogP contribution in [0.3, 0.4) is 0 Å². The lowest BCUT2D eigenvalue weighted by Gasteiger charge is -2.04. The molecule has 0 saturated carbocycles. The Labute approximate surface area is 107 Å². The van der Waals surface area contributed by atoms with Gasteiger partial charge in [-0.2, -0.15) is 0 Å². The third-order valence-corrected chi connectivity index (χ3v) is 2.41. The van der Waals surface area contributed by atoms with Gasteiger partial charge in [0.25, 0.3) is 0 Å². The number of aromatic amines is 1. The highest BCUT2D eigenvalue weighted by atomic mass is 16.5. The summed E-state index contributed by atoms with van der Waals surface area (Å²) in [6.45, 7) is 0. The highest BCUT2D eigenvalue weighted by Crippen LogP contribution is 2.22. The fraction of sp³-hybridized carbons (Fsp3) is 0. The number of para-hydroxylation sites is 1. The topological polar surface area (TPSA) is 81.0 Å². The first-order valence-corrected chi connectivity index (χ1v) is 5.56. The van der Waals surface area contributed by atoms with E-state index in [-0.39, 0.29) is 0 Å². The Morgan fingerprint density at radius 1 is 1.16 bits per heavy atom. The van der Waals surface area contributed by atoms with E-state index in [1.807, 2.05) is 30.3 Å². The van der Waals surface area contributed by atoms with Crippen LogP contribution in [0.5, 0.6) is 11.6 Å². The van der Waals surface area contributed by atoms with E-state index in [0.29, 0.717) is 23.0 Å². The van der Waals surface area contributed by atoms with Gasteiger partial charge in [-0.1, -0.05) is 23.4 Å². The molecule has 0 fully saturated rings. The molecule has 0 bridgehead atoms. The zero-order valence-electron chi connectivity index (χ0n) is 9.74. The van der Waals surface area contributed by atoms with Crippen molar-refractivity contribution < 1.29 is 9.26 Å². The number of H-pyrrole nitrogens is 1. The van der Waals surface area contributed by atoms with Gasteiger partial charge in [-0.25, -0.2) is 9.78 Å². The maximum Gasteiger partial charge on any atom is 0.439 e. The van der Waals surface area contributed by atoms with Crippen LogP contribution in [0.15, 0.2) is 58.0 Å². The van der Waals surface area contributed by atoms with Gasteiger partial charge in [0, 0.05) is 17.8 Å². The van der Waals surface area contributed by atoms with Crippen molar-refractivity contribution >= 4 is 0 Å². The first-order chi connectivity index (χ1) is 9.31. The highest BCUT2D eigenvalue weighted by Gasteiger charge is 2.06. The molecule has 3 rings (SSSR count). The van der Waals surface area contributed by atoms with Crippen molar-refractivity contribution in [1.82, 2.24) is 15.1 Å². The molecule has 0 aliphatic carbocycles. The summed E-state index contributed by atoms with van der Waals surface area (Å²) in [5.74, 6) is 0.830. The van der Waals surface area contributed by atoms with E-state index in [1.54, 1.807) is 18.3 Å². The van der Waals surface area contributed by atoms with Crippen molar-refractivity contribution in [2.45, 2.75) is 0 Å². The molecule has 1 N–H and O–H groups in total. The van der Waals surface area contributed by atoms with Crippen LogP contribution < -0.4 is 10.5 Å². The number of hydrogen-bond acceptors (Lipinski definition) is 5. The van der Waals surface area contributed by atoms with Gasteiger partial charge in [0.2, 0.25) is 5.88 Å². The van der Waals surface area contributed by atoms with Gasteiger partial charge in [-0.15, -0.1) is 0 Å². The monoisotopic (exact) mass is 255 g/mol. The maximum absolute atomic E-state index is 10.9. The standard InChI is InChI=1S/C13H9N3O3/c17-13-15-12(16-19-13)9-6-7-14-11(8-9)18-10-4-2-1-3-5-10/h1-8H,(H,15,16,17). The third-order valence-electron chi connectivity index (χ3n) is 2.41. The summed E-state index contributed by atoms with van der Waals surface area (Å²) < 4.78 is 10.0. The second-order valence-electron chi connectivity index (χ2n) is 3.74. The molecule has 0 spiro atoms. The normalized spacial score (nSPS) is 10.3. The van der Waals surface area contributed by atoms with E-state index in [0.717, 1.165) is 0 Å². The number of rotatable bonds is 3. The molecular formula is C13H9N3O3. The molecule has 1 aromatic carbocycles. The van der Waals surface area contributed by atoms with Crippen molar-refractivity contribution in [3.8, 4) is 23.0 Å². The van der Waals surface area contributed by atoms with Crippen molar-refractivity contribution in [2.75, 3.05) is 0 Å². The van der Waals surface area contributed by atoms with Crippen LogP contribution in [0, 0.1) is 0 Å². The van der Waals surface area contributed by atoms with Gasteiger partial charge in [-0.3, -0.25) is 9.51 Å². The van der Waals surface area contributed by atoms with Crippen LogP contribution in [0.25, 0.3) is 11.4 Å². The van der Waals surface area contributed by atoms with Crippen LogP contribution in [-0.2, 0) is 0 Å². The van der Waals surface area contributed by atoms with E-state index >= 15 is 0 Å². The Hall–Kier alpha value is -2.89. The highest BCUT2D eigenvalue weighted by molar-refractivity contribution is 5.55. The zero-order valence-corrected chi connectivity index (χ0v) is 9.74. The Balaban J connectivity index is 1.90. The van der Waals surface area contributed by atoms with E-state index in [1.165, 1.54) is 0 Å². The number of hydrogen-bond donors (Lipinski definition) is 1. The summed E-state index contributed by atoms with van der Waals surface area (Å²) >= 11 is 0. The van der Waals surface area contributed by atoms with Gasteiger partial charge in [-0.05, 0) is 18.2 Å². The zero-order chi connectivity index (χ0) is 13.1. The van der Waals surface area contributed by atoms with Gasteiger partial charge < -0.3 is 4.74 Å². The van der Waals surface area contributed by atoms with Crippen LogP contribution in [0.4, 0.5) is 0 Å². The minimum absolute atomic E-state index is 0.338. The molecule has 0 aliphatic heterocycles. The number of nitrogens with zero attached hydrogens (tertiary/aromatic N) is 2. The minimum Gasteiger partial charge on any atom is -0.439 e. The first-order valence-electron chi connectivity index (χ1n) is 5.56. The molecule has 2 aromatic heterocycles. The lowest BCUT2D eigenvalue weighted by molar-refractivity contribution is 0.388. The molecule has 0 saturated heterocycles. The molecule has 2 heterocycles. The van der Waals surface area contributed by atoms with Crippen LogP contribution >= 0.6 is 0 Å². The quantitative estimate of drug-likeness (QED) is 0.776. The maximum atomic E-state index is 10.9. The smallest absolute Gasteiger partial charge is 0.439 e. The Morgan fingerprint density at radius 3 is 2.74 bits per heavy atom. The molecule has 0 aliphatic rings. The third kappa shape index (κ3) is 2.52. The van der Waals surface area contributed by atoms with E-state index in [9.17, 15) is 4.79 Å². The second-order valence-corrected chi connectivity index (χ2v) is 3.74.